The molecule has 2 unspecified atom stereocenters. The lowest BCUT2D eigenvalue weighted by atomic mass is 10.1. The maximum atomic E-state index is 9.99. The van der Waals surface area contributed by atoms with E-state index in [1.54, 1.807) is 0 Å². The van der Waals surface area contributed by atoms with E-state index in [1.807, 2.05) is 0 Å². The van der Waals surface area contributed by atoms with Crippen LogP contribution in [0.4, 0.5) is 0 Å². The van der Waals surface area contributed by atoms with Crippen LogP contribution in [0, 0.1) is 0 Å². The van der Waals surface area contributed by atoms with E-state index >= 15 is 0 Å². The summed E-state index contributed by atoms with van der Waals surface area (Å²) in [5.74, 6) is 0. The van der Waals surface area contributed by atoms with E-state index in [1.165, 1.54) is 141 Å². The van der Waals surface area contributed by atoms with Gasteiger partial charge in [-0.1, -0.05) is 155 Å². The number of aliphatic hydroxyl groups excluding tert-OH is 2. The van der Waals surface area contributed by atoms with Crippen LogP contribution in [0.3, 0.4) is 0 Å². The minimum atomic E-state index is -0.610. The number of rotatable bonds is 37. The smallest absolute Gasteiger partial charge is 0.101 e. The summed E-state index contributed by atoms with van der Waals surface area (Å²) in [7, 11) is 0. The molecule has 0 saturated heterocycles. The normalized spacial score (nSPS) is 13.1. The maximum Gasteiger partial charge on any atom is 0.101 e. The number of unbranched alkanes of at least 4 members (excludes halogenated alkanes) is 22. The Hall–Kier alpha value is -0.240. The van der Waals surface area contributed by atoms with Crippen molar-refractivity contribution in [1.82, 2.24) is 0 Å². The van der Waals surface area contributed by atoms with Crippen molar-refractivity contribution in [3.05, 3.63) is 0 Å². The number of aliphatic hydroxyl groups is 2. The molecule has 2 N–H and O–H groups in total. The summed E-state index contributed by atoms with van der Waals surface area (Å²) in [6, 6.07) is 0. The molecule has 254 valence electrons. The van der Waals surface area contributed by atoms with Gasteiger partial charge in [0.1, 0.15) is 12.2 Å². The average Bonchev–Trinajstić information content (AvgIpc) is 2.99. The largest absolute Gasteiger partial charge is 0.388 e. The molecule has 0 fully saturated rings. The molecule has 0 saturated carbocycles. The maximum absolute atomic E-state index is 9.99. The molecule has 0 bridgehead atoms. The highest BCUT2D eigenvalue weighted by atomic mass is 16.5. The first-order valence-electron chi connectivity index (χ1n) is 18.4. The summed E-state index contributed by atoms with van der Waals surface area (Å²) in [5.41, 5.74) is 0. The molecule has 0 radical (unpaired) electrons. The first-order valence-corrected chi connectivity index (χ1v) is 18.4. The third-order valence-electron chi connectivity index (χ3n) is 7.90. The van der Waals surface area contributed by atoms with Gasteiger partial charge in [0.25, 0.3) is 0 Å². The summed E-state index contributed by atoms with van der Waals surface area (Å²) in [4.78, 5) is 0. The van der Waals surface area contributed by atoms with Crippen LogP contribution in [0.2, 0.25) is 0 Å². The molecule has 0 aromatic heterocycles. The van der Waals surface area contributed by atoms with Gasteiger partial charge in [-0.25, -0.2) is 0 Å². The molecular weight excluding hydrogens is 528 g/mol. The highest BCUT2D eigenvalue weighted by molar-refractivity contribution is 4.55. The number of hydrogen-bond donors (Lipinski definition) is 2. The van der Waals surface area contributed by atoms with Gasteiger partial charge in [-0.3, -0.25) is 0 Å². The standard InChI is InChI=1S/C36H74O6/c1-3-5-7-9-11-13-15-17-19-21-23-25-27-39-31-35(37)33-41-29-30-42-34-36(38)32-40-28-26-24-22-20-18-16-14-12-10-8-6-4-2/h35-38H,3-34H2,1-2H3. The third-order valence-corrected chi connectivity index (χ3v) is 7.90. The highest BCUT2D eigenvalue weighted by Gasteiger charge is 2.07. The Labute approximate surface area is 262 Å². The summed E-state index contributed by atoms with van der Waals surface area (Å²) >= 11 is 0. The second-order valence-electron chi connectivity index (χ2n) is 12.4. The fourth-order valence-corrected chi connectivity index (χ4v) is 5.18. The minimum Gasteiger partial charge on any atom is -0.388 e. The quantitative estimate of drug-likeness (QED) is 0.0690. The molecule has 0 aliphatic carbocycles. The molecule has 0 rings (SSSR count). The van der Waals surface area contributed by atoms with Gasteiger partial charge in [-0.15, -0.1) is 0 Å². The zero-order valence-corrected chi connectivity index (χ0v) is 28.3. The van der Waals surface area contributed by atoms with Gasteiger partial charge in [-0.05, 0) is 12.8 Å². The van der Waals surface area contributed by atoms with Crippen LogP contribution < -0.4 is 0 Å². The predicted octanol–water partition coefficient (Wildman–Crippen LogP) is 9.18. The monoisotopic (exact) mass is 603 g/mol. The van der Waals surface area contributed by atoms with Crippen molar-refractivity contribution in [2.75, 3.05) is 52.9 Å². The molecule has 0 aromatic carbocycles. The minimum absolute atomic E-state index is 0.243. The first-order chi connectivity index (χ1) is 20.7. The molecule has 0 amide bonds. The Balaban J connectivity index is 3.24. The van der Waals surface area contributed by atoms with Gasteiger partial charge in [-0.2, -0.15) is 0 Å². The van der Waals surface area contributed by atoms with Gasteiger partial charge in [0, 0.05) is 13.2 Å². The topological polar surface area (TPSA) is 77.4 Å². The molecule has 0 spiro atoms. The molecule has 0 aliphatic heterocycles. The molecule has 0 aromatic rings. The van der Waals surface area contributed by atoms with E-state index in [0.717, 1.165) is 12.8 Å². The molecular formula is C36H74O6. The first kappa shape index (κ1) is 41.8. The van der Waals surface area contributed by atoms with E-state index in [0.29, 0.717) is 39.6 Å². The Morgan fingerprint density at radius 2 is 0.524 bits per heavy atom. The summed E-state index contributed by atoms with van der Waals surface area (Å²) in [6.07, 6.45) is 30.7. The van der Waals surface area contributed by atoms with E-state index in [2.05, 4.69) is 13.8 Å². The average molecular weight is 603 g/mol. The second kappa shape index (κ2) is 36.9. The fraction of sp³-hybridized carbons (Fsp3) is 1.00. The molecule has 2 atom stereocenters. The third kappa shape index (κ3) is 36.0. The Kier molecular flexibility index (Phi) is 36.7. The van der Waals surface area contributed by atoms with Gasteiger partial charge >= 0.3 is 0 Å². The van der Waals surface area contributed by atoms with Gasteiger partial charge in [0.2, 0.25) is 0 Å². The van der Waals surface area contributed by atoms with Crippen LogP contribution in [-0.2, 0) is 18.9 Å². The van der Waals surface area contributed by atoms with Gasteiger partial charge in [0.05, 0.1) is 39.6 Å². The fourth-order valence-electron chi connectivity index (χ4n) is 5.18. The lowest BCUT2D eigenvalue weighted by Crippen LogP contribution is -2.25. The lowest BCUT2D eigenvalue weighted by molar-refractivity contribution is -0.0508. The lowest BCUT2D eigenvalue weighted by Gasteiger charge is -2.14. The van der Waals surface area contributed by atoms with Crippen molar-refractivity contribution in [1.29, 1.82) is 0 Å². The summed E-state index contributed by atoms with van der Waals surface area (Å²) in [6.45, 7) is 7.85. The van der Waals surface area contributed by atoms with Crippen molar-refractivity contribution in [3.63, 3.8) is 0 Å². The predicted molar refractivity (Wildman–Crippen MR) is 177 cm³/mol. The van der Waals surface area contributed by atoms with Crippen molar-refractivity contribution >= 4 is 0 Å². The van der Waals surface area contributed by atoms with Crippen molar-refractivity contribution in [2.24, 2.45) is 0 Å². The van der Waals surface area contributed by atoms with Crippen LogP contribution in [0.1, 0.15) is 168 Å². The van der Waals surface area contributed by atoms with Crippen molar-refractivity contribution in [2.45, 2.75) is 180 Å². The molecule has 42 heavy (non-hydrogen) atoms. The Morgan fingerprint density at radius 1 is 0.310 bits per heavy atom. The van der Waals surface area contributed by atoms with E-state index < -0.39 is 12.2 Å². The molecule has 0 aliphatic rings. The van der Waals surface area contributed by atoms with Crippen molar-refractivity contribution < 1.29 is 29.2 Å². The summed E-state index contributed by atoms with van der Waals surface area (Å²) < 4.78 is 22.1. The highest BCUT2D eigenvalue weighted by Crippen LogP contribution is 2.13. The van der Waals surface area contributed by atoms with Crippen molar-refractivity contribution in [3.8, 4) is 0 Å². The van der Waals surface area contributed by atoms with Gasteiger partial charge in [0.15, 0.2) is 0 Å². The Bertz CT molecular complexity index is 436. The van der Waals surface area contributed by atoms with E-state index in [4.69, 9.17) is 18.9 Å². The Morgan fingerprint density at radius 3 is 0.786 bits per heavy atom. The molecule has 6 heteroatoms. The van der Waals surface area contributed by atoms with Crippen LogP contribution in [0.5, 0.6) is 0 Å². The van der Waals surface area contributed by atoms with E-state index in [9.17, 15) is 10.2 Å². The molecule has 6 nitrogen and oxygen atoms in total. The number of hydrogen-bond acceptors (Lipinski definition) is 6. The molecule has 0 heterocycles. The van der Waals surface area contributed by atoms with Crippen LogP contribution in [-0.4, -0.2) is 75.3 Å². The van der Waals surface area contributed by atoms with Crippen LogP contribution >= 0.6 is 0 Å². The zero-order chi connectivity index (χ0) is 30.6. The zero-order valence-electron chi connectivity index (χ0n) is 28.3. The van der Waals surface area contributed by atoms with E-state index in [-0.39, 0.29) is 13.2 Å². The second-order valence-corrected chi connectivity index (χ2v) is 12.4. The SMILES string of the molecule is CCCCCCCCCCCCCCOCC(O)COCCOCC(O)COCCCCCCCCCCCCCC. The van der Waals surface area contributed by atoms with Crippen LogP contribution in [0.25, 0.3) is 0 Å². The van der Waals surface area contributed by atoms with Crippen LogP contribution in [0.15, 0.2) is 0 Å². The summed E-state index contributed by atoms with van der Waals surface area (Å²) in [5, 5.41) is 20.0. The number of ether oxygens (including phenoxy) is 4. The van der Waals surface area contributed by atoms with Gasteiger partial charge < -0.3 is 29.2 Å².